The molecule has 0 spiro atoms. The quantitative estimate of drug-likeness (QED) is 0.748. The first-order chi connectivity index (χ1) is 9.81. The molecule has 0 amide bonds. The van der Waals surface area contributed by atoms with Crippen molar-refractivity contribution in [3.8, 4) is 5.75 Å². The van der Waals surface area contributed by atoms with Crippen LogP contribution in [0.3, 0.4) is 0 Å². The molecule has 1 rings (SSSR count). The Bertz CT molecular complexity index is 513. The summed E-state index contributed by atoms with van der Waals surface area (Å²) in [7, 11) is -1.18. The highest BCUT2D eigenvalue weighted by atomic mass is 32.2. The molecule has 21 heavy (non-hydrogen) atoms. The van der Waals surface area contributed by atoms with Crippen LogP contribution in [-0.2, 0) is 9.84 Å². The van der Waals surface area contributed by atoms with Gasteiger partial charge in [0, 0.05) is 19.3 Å². The zero-order valence-electron chi connectivity index (χ0n) is 12.9. The van der Waals surface area contributed by atoms with Crippen molar-refractivity contribution in [3.05, 3.63) is 29.8 Å². The summed E-state index contributed by atoms with van der Waals surface area (Å²) in [4.78, 5) is 1.81. The maximum atomic E-state index is 11.1. The van der Waals surface area contributed by atoms with Crippen LogP contribution in [0, 0.1) is 0 Å². The Morgan fingerprint density at radius 3 is 2.43 bits per heavy atom. The summed E-state index contributed by atoms with van der Waals surface area (Å²) in [6.07, 6.45) is 1.52. The summed E-state index contributed by atoms with van der Waals surface area (Å²) in [5.41, 5.74) is 0.796. The van der Waals surface area contributed by atoms with E-state index < -0.39 is 15.9 Å². The normalized spacial score (nSPS) is 13.4. The lowest BCUT2D eigenvalue weighted by molar-refractivity contribution is 0.129. The predicted octanol–water partition coefficient (Wildman–Crippen LogP) is 1.49. The molecule has 0 bridgehead atoms. The number of ether oxygens (including phenoxy) is 1. The van der Waals surface area contributed by atoms with Crippen molar-refractivity contribution in [2.45, 2.75) is 19.4 Å². The standard InChI is InChI=1S/C15H25NO4S/c1-4-10-20-14-7-5-13(6-8-14)15(17)12-16(2)9-11-21(3,18)19/h5-8,15,17H,4,9-12H2,1-3H3. The van der Waals surface area contributed by atoms with Gasteiger partial charge in [-0.15, -0.1) is 0 Å². The molecule has 0 radical (unpaired) electrons. The van der Waals surface area contributed by atoms with E-state index in [-0.39, 0.29) is 5.75 Å². The van der Waals surface area contributed by atoms with Crippen LogP contribution >= 0.6 is 0 Å². The molecule has 1 aromatic carbocycles. The third-order valence-electron chi connectivity index (χ3n) is 3.07. The minimum atomic E-state index is -2.97. The lowest BCUT2D eigenvalue weighted by Gasteiger charge is -2.20. The highest BCUT2D eigenvalue weighted by molar-refractivity contribution is 7.90. The summed E-state index contributed by atoms with van der Waals surface area (Å²) in [5.74, 6) is 0.887. The van der Waals surface area contributed by atoms with Crippen molar-refractivity contribution >= 4 is 9.84 Å². The topological polar surface area (TPSA) is 66.8 Å². The Morgan fingerprint density at radius 2 is 1.90 bits per heavy atom. The molecule has 0 aliphatic heterocycles. The van der Waals surface area contributed by atoms with Gasteiger partial charge >= 0.3 is 0 Å². The van der Waals surface area contributed by atoms with Gasteiger partial charge in [0.25, 0.3) is 0 Å². The number of aliphatic hydroxyl groups excluding tert-OH is 1. The van der Waals surface area contributed by atoms with Gasteiger partial charge in [0.2, 0.25) is 0 Å². The Kier molecular flexibility index (Phi) is 7.14. The van der Waals surface area contributed by atoms with E-state index in [0.29, 0.717) is 19.7 Å². The molecule has 6 heteroatoms. The Labute approximate surface area is 127 Å². The highest BCUT2D eigenvalue weighted by Crippen LogP contribution is 2.18. The summed E-state index contributed by atoms with van der Waals surface area (Å²) >= 11 is 0. The molecule has 1 N–H and O–H groups in total. The maximum Gasteiger partial charge on any atom is 0.148 e. The number of rotatable bonds is 9. The molecule has 0 saturated heterocycles. The van der Waals surface area contributed by atoms with Gasteiger partial charge in [-0.2, -0.15) is 0 Å². The van der Waals surface area contributed by atoms with Crippen LogP contribution in [0.25, 0.3) is 0 Å². The molecule has 1 atom stereocenters. The highest BCUT2D eigenvalue weighted by Gasteiger charge is 2.12. The van der Waals surface area contributed by atoms with E-state index in [1.54, 1.807) is 7.05 Å². The number of benzene rings is 1. The zero-order chi connectivity index (χ0) is 15.9. The molecule has 5 nitrogen and oxygen atoms in total. The van der Waals surface area contributed by atoms with Crippen molar-refractivity contribution in [1.29, 1.82) is 0 Å². The van der Waals surface area contributed by atoms with Crippen LogP contribution in [0.1, 0.15) is 25.0 Å². The first-order valence-electron chi connectivity index (χ1n) is 7.09. The molecule has 120 valence electrons. The van der Waals surface area contributed by atoms with E-state index >= 15 is 0 Å². The lowest BCUT2D eigenvalue weighted by Crippen LogP contribution is -2.29. The molecule has 0 heterocycles. The maximum absolute atomic E-state index is 11.1. The van der Waals surface area contributed by atoms with Crippen molar-refractivity contribution in [1.82, 2.24) is 4.90 Å². The van der Waals surface area contributed by atoms with Gasteiger partial charge in [-0.25, -0.2) is 8.42 Å². The van der Waals surface area contributed by atoms with Crippen LogP contribution in [0.2, 0.25) is 0 Å². The van der Waals surface area contributed by atoms with E-state index in [1.165, 1.54) is 6.26 Å². The Morgan fingerprint density at radius 1 is 1.29 bits per heavy atom. The summed E-state index contributed by atoms with van der Waals surface area (Å²) < 4.78 is 27.7. The van der Waals surface area contributed by atoms with Gasteiger partial charge in [0.05, 0.1) is 18.5 Å². The average molecular weight is 315 g/mol. The van der Waals surface area contributed by atoms with Crippen molar-refractivity contribution < 1.29 is 18.3 Å². The summed E-state index contributed by atoms with van der Waals surface area (Å²) in [5, 5.41) is 10.2. The zero-order valence-corrected chi connectivity index (χ0v) is 13.8. The predicted molar refractivity (Wildman–Crippen MR) is 84.4 cm³/mol. The molecule has 0 aliphatic carbocycles. The number of hydrogen-bond acceptors (Lipinski definition) is 5. The lowest BCUT2D eigenvalue weighted by atomic mass is 10.1. The second-order valence-electron chi connectivity index (χ2n) is 5.33. The number of sulfone groups is 1. The van der Waals surface area contributed by atoms with Gasteiger partial charge in [-0.1, -0.05) is 19.1 Å². The van der Waals surface area contributed by atoms with Crippen LogP contribution in [0.4, 0.5) is 0 Å². The molecule has 1 aromatic rings. The second kappa shape index (κ2) is 8.36. The molecule has 0 fully saturated rings. The minimum Gasteiger partial charge on any atom is -0.494 e. The third-order valence-corrected chi connectivity index (χ3v) is 3.99. The summed E-state index contributed by atoms with van der Waals surface area (Å²) in [6, 6.07) is 7.34. The van der Waals surface area contributed by atoms with Gasteiger partial charge < -0.3 is 14.7 Å². The van der Waals surface area contributed by atoms with Gasteiger partial charge in [-0.3, -0.25) is 0 Å². The van der Waals surface area contributed by atoms with Gasteiger partial charge in [0.15, 0.2) is 0 Å². The molecule has 0 saturated carbocycles. The van der Waals surface area contributed by atoms with Gasteiger partial charge in [0.1, 0.15) is 15.6 Å². The van der Waals surface area contributed by atoms with Crippen molar-refractivity contribution in [2.75, 3.05) is 38.8 Å². The fourth-order valence-corrected chi connectivity index (χ4v) is 2.46. The summed E-state index contributed by atoms with van der Waals surface area (Å²) in [6.45, 7) is 3.53. The fraction of sp³-hybridized carbons (Fsp3) is 0.600. The Hall–Kier alpha value is -1.11. The molecular formula is C15H25NO4S. The Balaban J connectivity index is 2.49. The van der Waals surface area contributed by atoms with E-state index in [4.69, 9.17) is 4.74 Å². The monoisotopic (exact) mass is 315 g/mol. The number of nitrogens with zero attached hydrogens (tertiary/aromatic N) is 1. The molecule has 1 unspecified atom stereocenters. The molecule has 0 aromatic heterocycles. The number of aliphatic hydroxyl groups is 1. The number of hydrogen-bond donors (Lipinski definition) is 1. The third kappa shape index (κ3) is 7.45. The van der Waals surface area contributed by atoms with Crippen molar-refractivity contribution in [3.63, 3.8) is 0 Å². The van der Waals surface area contributed by atoms with E-state index in [1.807, 2.05) is 36.1 Å². The molecular weight excluding hydrogens is 290 g/mol. The smallest absolute Gasteiger partial charge is 0.148 e. The van der Waals surface area contributed by atoms with E-state index in [9.17, 15) is 13.5 Å². The first-order valence-corrected chi connectivity index (χ1v) is 9.15. The minimum absolute atomic E-state index is 0.0972. The number of likely N-dealkylation sites (N-methyl/N-ethyl adjacent to an activating group) is 1. The van der Waals surface area contributed by atoms with E-state index in [0.717, 1.165) is 17.7 Å². The molecule has 0 aliphatic rings. The first kappa shape index (κ1) is 17.9. The fourth-order valence-electron chi connectivity index (χ4n) is 1.82. The largest absolute Gasteiger partial charge is 0.494 e. The average Bonchev–Trinajstić information content (AvgIpc) is 2.42. The SMILES string of the molecule is CCCOc1ccc(C(O)CN(C)CCS(C)(=O)=O)cc1. The van der Waals surface area contributed by atoms with Crippen LogP contribution < -0.4 is 4.74 Å². The van der Waals surface area contributed by atoms with E-state index in [2.05, 4.69) is 0 Å². The second-order valence-corrected chi connectivity index (χ2v) is 7.59. The van der Waals surface area contributed by atoms with Crippen LogP contribution in [0.15, 0.2) is 24.3 Å². The van der Waals surface area contributed by atoms with Crippen LogP contribution in [0.5, 0.6) is 5.75 Å². The van der Waals surface area contributed by atoms with Gasteiger partial charge in [-0.05, 0) is 31.2 Å². The van der Waals surface area contributed by atoms with Crippen molar-refractivity contribution in [2.24, 2.45) is 0 Å². The van der Waals surface area contributed by atoms with Crippen LogP contribution in [-0.4, -0.2) is 57.2 Å².